The Morgan fingerprint density at radius 1 is 1.33 bits per heavy atom. The molecule has 0 radical (unpaired) electrons. The van der Waals surface area contributed by atoms with E-state index in [1.54, 1.807) is 6.20 Å². The molecule has 0 aliphatic heterocycles. The van der Waals surface area contributed by atoms with Crippen molar-refractivity contribution < 1.29 is 4.42 Å². The van der Waals surface area contributed by atoms with Crippen LogP contribution in [-0.4, -0.2) is 4.98 Å². The van der Waals surface area contributed by atoms with Crippen LogP contribution in [0.5, 0.6) is 0 Å². The van der Waals surface area contributed by atoms with Gasteiger partial charge in [0.05, 0.1) is 22.3 Å². The first-order valence-corrected chi connectivity index (χ1v) is 7.79. The molecule has 2 heterocycles. The lowest BCUT2D eigenvalue weighted by Gasteiger charge is -2.17. The molecule has 5 heteroatoms. The summed E-state index contributed by atoms with van der Waals surface area (Å²) in [5, 5.41) is 5.12. The van der Waals surface area contributed by atoms with Crippen molar-refractivity contribution in [3.63, 3.8) is 0 Å². The van der Waals surface area contributed by atoms with E-state index in [2.05, 4.69) is 26.2 Å². The number of hydrogen-bond acceptors (Lipinski definition) is 3. The maximum absolute atomic E-state index is 6.42. The fourth-order valence-corrected chi connectivity index (χ4v) is 3.01. The number of anilines is 1. The normalized spacial score (nSPS) is 12.6. The Morgan fingerprint density at radius 3 is 2.86 bits per heavy atom. The summed E-state index contributed by atoms with van der Waals surface area (Å²) in [6.45, 7) is 4.04. The average molecular weight is 366 g/mol. The minimum atomic E-state index is -0.0000813. The summed E-state index contributed by atoms with van der Waals surface area (Å²) in [5.74, 6) is 0.843. The summed E-state index contributed by atoms with van der Waals surface area (Å²) in [7, 11) is 0. The molecule has 0 aliphatic carbocycles. The number of fused-ring (bicyclic) bond motifs is 1. The smallest absolute Gasteiger partial charge is 0.169 e. The number of aryl methyl sites for hydroxylation is 1. The average Bonchev–Trinajstić information content (AvgIpc) is 2.90. The fourth-order valence-electron chi connectivity index (χ4n) is 2.38. The molecule has 0 bridgehead atoms. The van der Waals surface area contributed by atoms with Gasteiger partial charge in [-0.25, -0.2) is 0 Å². The summed E-state index contributed by atoms with van der Waals surface area (Å²) in [5.41, 5.74) is 2.90. The van der Waals surface area contributed by atoms with Crippen molar-refractivity contribution in [2.45, 2.75) is 19.9 Å². The standard InChI is InChI=1S/C16H14BrClN2O/c1-9-8-12(18)16(11-4-3-7-19-15(9)11)20-10(2)13-5-6-14(17)21-13/h3-8,10,20H,1-2H3. The molecule has 3 nitrogen and oxygen atoms in total. The van der Waals surface area contributed by atoms with E-state index in [0.717, 1.165) is 27.9 Å². The highest BCUT2D eigenvalue weighted by molar-refractivity contribution is 9.10. The summed E-state index contributed by atoms with van der Waals surface area (Å²) < 4.78 is 6.30. The van der Waals surface area contributed by atoms with Crippen molar-refractivity contribution in [3.05, 3.63) is 57.5 Å². The molecule has 0 spiro atoms. The highest BCUT2D eigenvalue weighted by atomic mass is 79.9. The zero-order valence-corrected chi connectivity index (χ0v) is 14.0. The van der Waals surface area contributed by atoms with Gasteiger partial charge in [0.25, 0.3) is 0 Å². The predicted molar refractivity (Wildman–Crippen MR) is 89.9 cm³/mol. The first kappa shape index (κ1) is 14.4. The number of furan rings is 1. The summed E-state index contributed by atoms with van der Waals surface area (Å²) in [4.78, 5) is 4.44. The van der Waals surface area contributed by atoms with Gasteiger partial charge < -0.3 is 9.73 Å². The van der Waals surface area contributed by atoms with Gasteiger partial charge in [0.1, 0.15) is 5.76 Å². The Labute approximate surface area is 136 Å². The second-order valence-corrected chi connectivity index (χ2v) is 6.15. The summed E-state index contributed by atoms with van der Waals surface area (Å²) in [6.07, 6.45) is 1.79. The molecule has 1 aromatic carbocycles. The van der Waals surface area contributed by atoms with E-state index in [1.165, 1.54) is 0 Å². The van der Waals surface area contributed by atoms with E-state index >= 15 is 0 Å². The monoisotopic (exact) mass is 364 g/mol. The molecule has 1 N–H and O–H groups in total. The molecule has 108 valence electrons. The number of benzene rings is 1. The lowest BCUT2D eigenvalue weighted by Crippen LogP contribution is -2.07. The number of nitrogens with one attached hydrogen (secondary N) is 1. The molecule has 0 fully saturated rings. The van der Waals surface area contributed by atoms with Gasteiger partial charge in [-0.05, 0) is 65.7 Å². The van der Waals surface area contributed by atoms with Crippen molar-refractivity contribution in [3.8, 4) is 0 Å². The third-order valence-corrected chi connectivity index (χ3v) is 4.14. The molecule has 3 rings (SSSR count). The predicted octanol–water partition coefficient (Wildman–Crippen LogP) is 5.73. The van der Waals surface area contributed by atoms with Gasteiger partial charge in [0.2, 0.25) is 0 Å². The lowest BCUT2D eigenvalue weighted by atomic mass is 10.1. The van der Waals surface area contributed by atoms with Crippen molar-refractivity contribution >= 4 is 44.1 Å². The van der Waals surface area contributed by atoms with Crippen molar-refractivity contribution in [2.24, 2.45) is 0 Å². The molecule has 0 aliphatic rings. The largest absolute Gasteiger partial charge is 0.452 e. The van der Waals surface area contributed by atoms with E-state index < -0.39 is 0 Å². The van der Waals surface area contributed by atoms with Crippen LogP contribution in [0.2, 0.25) is 5.02 Å². The van der Waals surface area contributed by atoms with Gasteiger partial charge in [0.15, 0.2) is 4.67 Å². The Hall–Kier alpha value is -1.52. The highest BCUT2D eigenvalue weighted by Gasteiger charge is 2.15. The Morgan fingerprint density at radius 2 is 2.14 bits per heavy atom. The minimum absolute atomic E-state index is 0.0000813. The number of hydrogen-bond donors (Lipinski definition) is 1. The molecule has 3 aromatic rings. The van der Waals surface area contributed by atoms with E-state index in [9.17, 15) is 0 Å². The van der Waals surface area contributed by atoms with Crippen LogP contribution in [0.4, 0.5) is 5.69 Å². The SMILES string of the molecule is Cc1cc(Cl)c(NC(C)c2ccc(Br)o2)c2cccnc12. The molecule has 21 heavy (non-hydrogen) atoms. The number of aromatic nitrogens is 1. The zero-order valence-electron chi connectivity index (χ0n) is 11.7. The molecular formula is C16H14BrClN2O. The maximum Gasteiger partial charge on any atom is 0.169 e. The zero-order chi connectivity index (χ0) is 15.0. The topological polar surface area (TPSA) is 38.1 Å². The summed E-state index contributed by atoms with van der Waals surface area (Å²) in [6, 6.07) is 9.68. The van der Waals surface area contributed by atoms with Crippen LogP contribution < -0.4 is 5.32 Å². The molecule has 0 saturated carbocycles. The van der Waals surface area contributed by atoms with Crippen molar-refractivity contribution in [1.82, 2.24) is 4.98 Å². The van der Waals surface area contributed by atoms with E-state index in [0.29, 0.717) is 9.69 Å². The van der Waals surface area contributed by atoms with Gasteiger partial charge in [-0.2, -0.15) is 0 Å². The number of halogens is 2. The first-order chi connectivity index (χ1) is 10.1. The molecule has 2 aromatic heterocycles. The second kappa shape index (κ2) is 5.70. The third-order valence-electron chi connectivity index (χ3n) is 3.41. The minimum Gasteiger partial charge on any atom is -0.452 e. The number of nitrogens with zero attached hydrogens (tertiary/aromatic N) is 1. The van der Waals surface area contributed by atoms with Gasteiger partial charge in [-0.3, -0.25) is 4.98 Å². The molecule has 1 unspecified atom stereocenters. The summed E-state index contributed by atoms with van der Waals surface area (Å²) >= 11 is 9.73. The van der Waals surface area contributed by atoms with Gasteiger partial charge >= 0.3 is 0 Å². The lowest BCUT2D eigenvalue weighted by molar-refractivity contribution is 0.471. The Kier molecular flexibility index (Phi) is 3.91. The van der Waals surface area contributed by atoms with Crippen LogP contribution in [0.25, 0.3) is 10.9 Å². The molecule has 0 amide bonds. The van der Waals surface area contributed by atoms with Crippen LogP contribution in [0.3, 0.4) is 0 Å². The van der Waals surface area contributed by atoms with Gasteiger partial charge in [-0.1, -0.05) is 11.6 Å². The molecular weight excluding hydrogens is 352 g/mol. The Balaban J connectivity index is 2.04. The second-order valence-electron chi connectivity index (χ2n) is 4.96. The van der Waals surface area contributed by atoms with E-state index in [1.807, 2.05) is 44.2 Å². The number of rotatable bonds is 3. The highest BCUT2D eigenvalue weighted by Crippen LogP contribution is 2.35. The van der Waals surface area contributed by atoms with E-state index in [4.69, 9.17) is 16.0 Å². The van der Waals surface area contributed by atoms with Crippen LogP contribution >= 0.6 is 27.5 Å². The maximum atomic E-state index is 6.42. The van der Waals surface area contributed by atoms with Crippen LogP contribution in [-0.2, 0) is 0 Å². The van der Waals surface area contributed by atoms with Gasteiger partial charge in [-0.15, -0.1) is 0 Å². The Bertz CT molecular complexity index is 800. The third kappa shape index (κ3) is 2.78. The van der Waals surface area contributed by atoms with Crippen LogP contribution in [0.15, 0.2) is 45.6 Å². The van der Waals surface area contributed by atoms with Gasteiger partial charge in [0, 0.05) is 11.6 Å². The molecule has 0 saturated heterocycles. The van der Waals surface area contributed by atoms with E-state index in [-0.39, 0.29) is 6.04 Å². The first-order valence-electron chi connectivity index (χ1n) is 6.62. The molecule has 1 atom stereocenters. The van der Waals surface area contributed by atoms with Crippen molar-refractivity contribution in [2.75, 3.05) is 5.32 Å². The fraction of sp³-hybridized carbons (Fsp3) is 0.188. The van der Waals surface area contributed by atoms with Crippen molar-refractivity contribution in [1.29, 1.82) is 0 Å². The number of pyridine rings is 1. The van der Waals surface area contributed by atoms with Crippen LogP contribution in [0, 0.1) is 6.92 Å². The van der Waals surface area contributed by atoms with Crippen LogP contribution in [0.1, 0.15) is 24.3 Å². The quantitative estimate of drug-likeness (QED) is 0.644.